The van der Waals surface area contributed by atoms with Crippen LogP contribution < -0.4 is 0 Å². The fourth-order valence-electron chi connectivity index (χ4n) is 1.61. The molecule has 0 spiro atoms. The van der Waals surface area contributed by atoms with Gasteiger partial charge in [0.25, 0.3) is 0 Å². The van der Waals surface area contributed by atoms with Crippen LogP contribution in [0.5, 0.6) is 0 Å². The first-order valence-corrected chi connectivity index (χ1v) is 6.11. The van der Waals surface area contributed by atoms with E-state index in [-0.39, 0.29) is 0 Å². The van der Waals surface area contributed by atoms with Crippen LogP contribution in [0.2, 0.25) is 0 Å². The molecule has 0 aliphatic rings. The minimum absolute atomic E-state index is 0.754. The first-order chi connectivity index (χ1) is 7.24. The summed E-state index contributed by atoms with van der Waals surface area (Å²) < 4.78 is 2.07. The predicted octanol–water partition coefficient (Wildman–Crippen LogP) is 3.06. The Labute approximate surface area is 92.9 Å². The van der Waals surface area contributed by atoms with Gasteiger partial charge in [-0.2, -0.15) is 0 Å². The van der Waals surface area contributed by atoms with Crippen LogP contribution in [0.15, 0.2) is 6.20 Å². The summed E-state index contributed by atoms with van der Waals surface area (Å²) >= 11 is 0. The lowest BCUT2D eigenvalue weighted by Gasteiger charge is -2.07. The van der Waals surface area contributed by atoms with Gasteiger partial charge in [0.2, 0.25) is 0 Å². The van der Waals surface area contributed by atoms with E-state index in [1.807, 2.05) is 6.20 Å². The fraction of sp³-hybridized carbons (Fsp3) is 0.833. The van der Waals surface area contributed by atoms with E-state index in [2.05, 4.69) is 35.8 Å². The molecule has 1 rings (SSSR count). The van der Waals surface area contributed by atoms with Crippen LogP contribution in [-0.4, -0.2) is 15.0 Å². The molecule has 0 N–H and O–H groups in total. The van der Waals surface area contributed by atoms with E-state index in [9.17, 15) is 0 Å². The lowest BCUT2D eigenvalue weighted by molar-refractivity contribution is 0.501. The van der Waals surface area contributed by atoms with Gasteiger partial charge in [-0.25, -0.2) is 4.68 Å². The summed E-state index contributed by atoms with van der Waals surface area (Å²) in [5.41, 5.74) is 1.29. The zero-order valence-electron chi connectivity index (χ0n) is 10.2. The first kappa shape index (κ1) is 12.2. The minimum Gasteiger partial charge on any atom is -0.249 e. The number of rotatable bonds is 7. The number of hydrogen-bond donors (Lipinski definition) is 0. The SMILES string of the molecule is CCCCCn1nncc1CCC(C)C. The van der Waals surface area contributed by atoms with Gasteiger partial charge in [0.1, 0.15) is 0 Å². The summed E-state index contributed by atoms with van der Waals surface area (Å²) in [4.78, 5) is 0. The first-order valence-electron chi connectivity index (χ1n) is 6.11. The smallest absolute Gasteiger partial charge is 0.0725 e. The van der Waals surface area contributed by atoms with Crippen LogP contribution in [0.1, 0.15) is 52.1 Å². The molecular weight excluding hydrogens is 186 g/mol. The lowest BCUT2D eigenvalue weighted by Crippen LogP contribution is -2.06. The Bertz CT molecular complexity index is 266. The van der Waals surface area contributed by atoms with E-state index in [0.717, 1.165) is 18.9 Å². The summed E-state index contributed by atoms with van der Waals surface area (Å²) in [7, 11) is 0. The largest absolute Gasteiger partial charge is 0.249 e. The maximum atomic E-state index is 4.13. The number of aromatic nitrogens is 3. The highest BCUT2D eigenvalue weighted by molar-refractivity contribution is 4.94. The van der Waals surface area contributed by atoms with Crippen molar-refractivity contribution in [3.63, 3.8) is 0 Å². The van der Waals surface area contributed by atoms with Crippen molar-refractivity contribution in [1.29, 1.82) is 0 Å². The van der Waals surface area contributed by atoms with Crippen LogP contribution in [0.3, 0.4) is 0 Å². The average molecular weight is 209 g/mol. The molecule has 0 unspecified atom stereocenters. The van der Waals surface area contributed by atoms with Crippen molar-refractivity contribution in [2.75, 3.05) is 0 Å². The highest BCUT2D eigenvalue weighted by atomic mass is 15.4. The molecule has 15 heavy (non-hydrogen) atoms. The van der Waals surface area contributed by atoms with Crippen LogP contribution >= 0.6 is 0 Å². The molecule has 0 aliphatic carbocycles. The van der Waals surface area contributed by atoms with Gasteiger partial charge in [-0.3, -0.25) is 0 Å². The highest BCUT2D eigenvalue weighted by Gasteiger charge is 2.04. The van der Waals surface area contributed by atoms with Crippen LogP contribution in [0.4, 0.5) is 0 Å². The third-order valence-corrected chi connectivity index (χ3v) is 2.65. The van der Waals surface area contributed by atoms with E-state index < -0.39 is 0 Å². The number of unbranched alkanes of at least 4 members (excludes halogenated alkanes) is 2. The maximum absolute atomic E-state index is 4.13. The molecule has 0 bridgehead atoms. The molecule has 0 atom stereocenters. The molecular formula is C12H23N3. The van der Waals surface area contributed by atoms with Crippen molar-refractivity contribution < 1.29 is 0 Å². The van der Waals surface area contributed by atoms with Crippen molar-refractivity contribution in [2.24, 2.45) is 5.92 Å². The van der Waals surface area contributed by atoms with Crippen molar-refractivity contribution in [2.45, 2.75) is 59.4 Å². The molecule has 0 aromatic carbocycles. The van der Waals surface area contributed by atoms with Gasteiger partial charge in [0.05, 0.1) is 11.9 Å². The summed E-state index contributed by atoms with van der Waals surface area (Å²) in [6.07, 6.45) is 8.00. The van der Waals surface area contributed by atoms with E-state index in [4.69, 9.17) is 0 Å². The van der Waals surface area contributed by atoms with Crippen LogP contribution in [-0.2, 0) is 13.0 Å². The zero-order valence-corrected chi connectivity index (χ0v) is 10.2. The highest BCUT2D eigenvalue weighted by Crippen LogP contribution is 2.08. The summed E-state index contributed by atoms with van der Waals surface area (Å²) in [5.74, 6) is 0.754. The van der Waals surface area contributed by atoms with Gasteiger partial charge in [-0.05, 0) is 25.2 Å². The molecule has 3 nitrogen and oxygen atoms in total. The standard InChI is InChI=1S/C12H23N3/c1-4-5-6-9-15-12(10-13-14-15)8-7-11(2)3/h10-11H,4-9H2,1-3H3. The molecule has 0 saturated heterocycles. The quantitative estimate of drug-likeness (QED) is 0.646. The van der Waals surface area contributed by atoms with Crippen molar-refractivity contribution in [3.05, 3.63) is 11.9 Å². The van der Waals surface area contributed by atoms with Crippen LogP contribution in [0.25, 0.3) is 0 Å². The molecule has 1 heterocycles. The Kier molecular flexibility index (Phi) is 5.37. The Morgan fingerprint density at radius 1 is 1.33 bits per heavy atom. The van der Waals surface area contributed by atoms with E-state index in [0.29, 0.717) is 0 Å². The molecule has 0 amide bonds. The van der Waals surface area contributed by atoms with E-state index in [1.54, 1.807) is 0 Å². The lowest BCUT2D eigenvalue weighted by atomic mass is 10.1. The predicted molar refractivity (Wildman–Crippen MR) is 62.7 cm³/mol. The normalized spacial score (nSPS) is 11.2. The number of aryl methyl sites for hydroxylation is 2. The zero-order chi connectivity index (χ0) is 11.1. The molecule has 0 radical (unpaired) electrons. The second-order valence-electron chi connectivity index (χ2n) is 4.59. The third kappa shape index (κ3) is 4.45. The molecule has 0 fully saturated rings. The molecule has 1 aromatic rings. The second-order valence-corrected chi connectivity index (χ2v) is 4.59. The monoisotopic (exact) mass is 209 g/mol. The van der Waals surface area contributed by atoms with Crippen molar-refractivity contribution in [3.8, 4) is 0 Å². The topological polar surface area (TPSA) is 30.7 Å². The van der Waals surface area contributed by atoms with Gasteiger partial charge in [-0.15, -0.1) is 5.10 Å². The van der Waals surface area contributed by atoms with Crippen molar-refractivity contribution >= 4 is 0 Å². The average Bonchev–Trinajstić information content (AvgIpc) is 2.63. The van der Waals surface area contributed by atoms with Gasteiger partial charge in [0, 0.05) is 6.54 Å². The number of nitrogens with zero attached hydrogens (tertiary/aromatic N) is 3. The summed E-state index contributed by atoms with van der Waals surface area (Å²) in [5, 5.41) is 8.12. The van der Waals surface area contributed by atoms with E-state index in [1.165, 1.54) is 31.4 Å². The Hall–Kier alpha value is -0.860. The summed E-state index contributed by atoms with van der Waals surface area (Å²) in [6, 6.07) is 0. The second kappa shape index (κ2) is 6.59. The van der Waals surface area contributed by atoms with Crippen LogP contribution in [0, 0.1) is 5.92 Å². The van der Waals surface area contributed by atoms with Gasteiger partial charge in [0.15, 0.2) is 0 Å². The molecule has 0 saturated carbocycles. The number of hydrogen-bond acceptors (Lipinski definition) is 2. The Balaban J connectivity index is 2.39. The molecule has 3 heteroatoms. The van der Waals surface area contributed by atoms with Gasteiger partial charge in [-0.1, -0.05) is 38.8 Å². The van der Waals surface area contributed by atoms with E-state index >= 15 is 0 Å². The molecule has 0 aliphatic heterocycles. The Morgan fingerprint density at radius 2 is 2.13 bits per heavy atom. The minimum atomic E-state index is 0.754. The third-order valence-electron chi connectivity index (χ3n) is 2.65. The summed E-state index contributed by atoms with van der Waals surface area (Å²) in [6.45, 7) is 7.76. The van der Waals surface area contributed by atoms with Gasteiger partial charge < -0.3 is 0 Å². The molecule has 86 valence electrons. The molecule has 1 aromatic heterocycles. The maximum Gasteiger partial charge on any atom is 0.0725 e. The van der Waals surface area contributed by atoms with Crippen molar-refractivity contribution in [1.82, 2.24) is 15.0 Å². The fourth-order valence-corrected chi connectivity index (χ4v) is 1.61. The Morgan fingerprint density at radius 3 is 2.80 bits per heavy atom. The van der Waals surface area contributed by atoms with Gasteiger partial charge >= 0.3 is 0 Å².